The number of rotatable bonds is 5. The molecule has 1 atom stereocenters. The lowest BCUT2D eigenvalue weighted by atomic mass is 10.1. The Bertz CT molecular complexity index is 703. The molecular weight excluding hydrogens is 322 g/mol. The van der Waals surface area contributed by atoms with E-state index in [0.29, 0.717) is 6.04 Å². The van der Waals surface area contributed by atoms with Crippen LogP contribution in [0.3, 0.4) is 0 Å². The summed E-state index contributed by atoms with van der Waals surface area (Å²) in [6.07, 6.45) is 4.81. The van der Waals surface area contributed by atoms with Crippen LogP contribution in [0.5, 0.6) is 0 Å². The fourth-order valence-corrected chi connectivity index (χ4v) is 3.62. The van der Waals surface area contributed by atoms with Crippen LogP contribution in [0.15, 0.2) is 11.2 Å². The molecule has 1 unspecified atom stereocenters. The van der Waals surface area contributed by atoms with Crippen LogP contribution in [0, 0.1) is 13.8 Å². The highest BCUT2D eigenvalue weighted by molar-refractivity contribution is 7.11. The first-order valence-electron chi connectivity index (χ1n) is 8.50. The standard InChI is InChI=1S/C16H25N7S/c1-4-17-16(18-8-7-15-19-9-11(2)24-15)21-13-5-6-14-20-12(3)22-23(14)10-13/h9,13H,4-8,10H2,1-3H3,(H2,17,18,21). The third kappa shape index (κ3) is 4.31. The average Bonchev–Trinajstić information content (AvgIpc) is 3.11. The van der Waals surface area contributed by atoms with E-state index in [4.69, 9.17) is 0 Å². The van der Waals surface area contributed by atoms with Crippen LogP contribution in [0.25, 0.3) is 0 Å². The number of nitrogens with one attached hydrogen (secondary N) is 2. The van der Waals surface area contributed by atoms with Gasteiger partial charge in [0, 0.05) is 43.0 Å². The molecule has 8 heteroatoms. The van der Waals surface area contributed by atoms with Crippen LogP contribution < -0.4 is 10.6 Å². The molecule has 1 aliphatic heterocycles. The summed E-state index contributed by atoms with van der Waals surface area (Å²) in [7, 11) is 0. The van der Waals surface area contributed by atoms with Gasteiger partial charge in [-0.15, -0.1) is 11.3 Å². The van der Waals surface area contributed by atoms with Gasteiger partial charge in [-0.25, -0.2) is 14.6 Å². The van der Waals surface area contributed by atoms with Gasteiger partial charge in [0.15, 0.2) is 5.96 Å². The second kappa shape index (κ2) is 7.74. The fraction of sp³-hybridized carbons (Fsp3) is 0.625. The monoisotopic (exact) mass is 347 g/mol. The maximum atomic E-state index is 4.69. The zero-order valence-corrected chi connectivity index (χ0v) is 15.4. The molecule has 0 spiro atoms. The number of thiazole rings is 1. The van der Waals surface area contributed by atoms with Crippen molar-refractivity contribution in [2.45, 2.75) is 52.6 Å². The van der Waals surface area contributed by atoms with Crippen LogP contribution in [-0.2, 0) is 19.4 Å². The van der Waals surface area contributed by atoms with Crippen LogP contribution in [0.1, 0.15) is 34.9 Å². The summed E-state index contributed by atoms with van der Waals surface area (Å²) in [4.78, 5) is 14.8. The number of hydrogen-bond acceptors (Lipinski definition) is 5. The number of hydrogen-bond donors (Lipinski definition) is 2. The molecule has 3 rings (SSSR count). The van der Waals surface area contributed by atoms with Gasteiger partial charge in [0.05, 0.1) is 11.6 Å². The van der Waals surface area contributed by atoms with Crippen molar-refractivity contribution in [1.82, 2.24) is 30.4 Å². The molecule has 24 heavy (non-hydrogen) atoms. The van der Waals surface area contributed by atoms with Gasteiger partial charge >= 0.3 is 0 Å². The summed E-state index contributed by atoms with van der Waals surface area (Å²) >= 11 is 1.74. The molecule has 2 N–H and O–H groups in total. The molecule has 0 aliphatic carbocycles. The Labute approximate surface area is 146 Å². The lowest BCUT2D eigenvalue weighted by Crippen LogP contribution is -2.47. The molecule has 0 saturated heterocycles. The predicted octanol–water partition coefficient (Wildman–Crippen LogP) is 1.46. The van der Waals surface area contributed by atoms with E-state index in [9.17, 15) is 0 Å². The zero-order valence-electron chi connectivity index (χ0n) is 14.5. The summed E-state index contributed by atoms with van der Waals surface area (Å²) < 4.78 is 2.01. The molecule has 7 nitrogen and oxygen atoms in total. The van der Waals surface area contributed by atoms with Gasteiger partial charge in [-0.3, -0.25) is 4.99 Å². The van der Waals surface area contributed by atoms with Gasteiger partial charge in [0.1, 0.15) is 11.6 Å². The fourth-order valence-electron chi connectivity index (χ4n) is 2.85. The number of nitrogens with zero attached hydrogens (tertiary/aromatic N) is 5. The van der Waals surface area contributed by atoms with Gasteiger partial charge in [-0.2, -0.15) is 5.10 Å². The highest BCUT2D eigenvalue weighted by atomic mass is 32.1. The molecule has 0 fully saturated rings. The molecule has 2 aromatic heterocycles. The van der Waals surface area contributed by atoms with E-state index in [1.54, 1.807) is 11.3 Å². The Balaban J connectivity index is 1.56. The number of fused-ring (bicyclic) bond motifs is 1. The van der Waals surface area contributed by atoms with Crippen molar-refractivity contribution in [3.8, 4) is 0 Å². The van der Waals surface area contributed by atoms with Crippen molar-refractivity contribution < 1.29 is 0 Å². The largest absolute Gasteiger partial charge is 0.357 e. The van der Waals surface area contributed by atoms with Gasteiger partial charge in [0.25, 0.3) is 0 Å². The minimum atomic E-state index is 0.332. The Morgan fingerprint density at radius 1 is 1.46 bits per heavy atom. The van der Waals surface area contributed by atoms with Crippen LogP contribution in [0.4, 0.5) is 0 Å². The molecule has 3 heterocycles. The molecule has 1 aliphatic rings. The third-order valence-corrected chi connectivity index (χ3v) is 4.89. The van der Waals surface area contributed by atoms with Gasteiger partial charge in [-0.05, 0) is 27.2 Å². The minimum Gasteiger partial charge on any atom is -0.357 e. The molecule has 0 radical (unpaired) electrons. The highest BCUT2D eigenvalue weighted by Crippen LogP contribution is 2.13. The van der Waals surface area contributed by atoms with Crippen molar-refractivity contribution in [2.24, 2.45) is 4.99 Å². The summed E-state index contributed by atoms with van der Waals surface area (Å²) in [5.41, 5.74) is 0. The SMILES string of the molecule is CCNC(=NCCc1ncc(C)s1)NC1CCc2nc(C)nn2C1. The smallest absolute Gasteiger partial charge is 0.191 e. The first kappa shape index (κ1) is 16.9. The maximum absolute atomic E-state index is 4.69. The van der Waals surface area contributed by atoms with Crippen molar-refractivity contribution in [2.75, 3.05) is 13.1 Å². The number of aromatic nitrogens is 4. The van der Waals surface area contributed by atoms with Crippen molar-refractivity contribution >= 4 is 17.3 Å². The molecule has 0 bridgehead atoms. The Morgan fingerprint density at radius 3 is 3.08 bits per heavy atom. The zero-order chi connectivity index (χ0) is 16.9. The lowest BCUT2D eigenvalue weighted by Gasteiger charge is -2.25. The van der Waals surface area contributed by atoms with Crippen molar-refractivity contribution in [3.05, 3.63) is 27.7 Å². The average molecular weight is 347 g/mol. The number of aliphatic imine (C=N–C) groups is 1. The Morgan fingerprint density at radius 2 is 2.33 bits per heavy atom. The highest BCUT2D eigenvalue weighted by Gasteiger charge is 2.21. The van der Waals surface area contributed by atoms with Crippen molar-refractivity contribution in [1.29, 1.82) is 0 Å². The predicted molar refractivity (Wildman–Crippen MR) is 96.5 cm³/mol. The van der Waals surface area contributed by atoms with E-state index >= 15 is 0 Å². The molecule has 0 amide bonds. The maximum Gasteiger partial charge on any atom is 0.191 e. The Kier molecular flexibility index (Phi) is 5.44. The van der Waals surface area contributed by atoms with Gasteiger partial charge < -0.3 is 10.6 Å². The number of guanidine groups is 1. The first-order chi connectivity index (χ1) is 11.6. The second-order valence-corrected chi connectivity index (χ2v) is 7.33. The summed E-state index contributed by atoms with van der Waals surface area (Å²) in [5.74, 6) is 2.81. The topological polar surface area (TPSA) is 80.0 Å². The second-order valence-electron chi connectivity index (χ2n) is 6.01. The van der Waals surface area contributed by atoms with Crippen LogP contribution in [0.2, 0.25) is 0 Å². The molecule has 2 aromatic rings. The molecule has 0 aromatic carbocycles. The Hall–Kier alpha value is -1.96. The molecular formula is C16H25N7S. The van der Waals surface area contributed by atoms with E-state index < -0.39 is 0 Å². The first-order valence-corrected chi connectivity index (χ1v) is 9.32. The van der Waals surface area contributed by atoms with Crippen molar-refractivity contribution in [3.63, 3.8) is 0 Å². The number of aryl methyl sites for hydroxylation is 3. The summed E-state index contributed by atoms with van der Waals surface area (Å²) in [6.45, 7) is 8.54. The lowest BCUT2D eigenvalue weighted by molar-refractivity contribution is 0.392. The van der Waals surface area contributed by atoms with E-state index in [-0.39, 0.29) is 0 Å². The van der Waals surface area contributed by atoms with Gasteiger partial charge in [-0.1, -0.05) is 0 Å². The third-order valence-electron chi connectivity index (χ3n) is 3.91. The minimum absolute atomic E-state index is 0.332. The normalized spacial score (nSPS) is 17.6. The van der Waals surface area contributed by atoms with E-state index in [1.807, 2.05) is 17.8 Å². The van der Waals surface area contributed by atoms with Crippen LogP contribution >= 0.6 is 11.3 Å². The van der Waals surface area contributed by atoms with E-state index in [2.05, 4.69) is 44.5 Å². The quantitative estimate of drug-likeness (QED) is 0.632. The van der Waals surface area contributed by atoms with Gasteiger partial charge in [0.2, 0.25) is 0 Å². The van der Waals surface area contributed by atoms with Crippen LogP contribution in [-0.4, -0.2) is 44.8 Å². The molecule has 130 valence electrons. The summed E-state index contributed by atoms with van der Waals surface area (Å²) in [6, 6.07) is 0.332. The molecule has 0 saturated carbocycles. The van der Waals surface area contributed by atoms with E-state index in [1.165, 1.54) is 4.88 Å². The van der Waals surface area contributed by atoms with E-state index in [0.717, 1.165) is 61.5 Å². The summed E-state index contributed by atoms with van der Waals surface area (Å²) in [5, 5.41) is 12.5.